The van der Waals surface area contributed by atoms with Crippen molar-refractivity contribution in [2.45, 2.75) is 12.3 Å². The van der Waals surface area contributed by atoms with Gasteiger partial charge in [-0.3, -0.25) is 0 Å². The Balaban J connectivity index is 3.49. The summed E-state index contributed by atoms with van der Waals surface area (Å²) in [6.45, 7) is -0.0351. The molecule has 108 valence electrons. The van der Waals surface area contributed by atoms with E-state index < -0.39 is 17.8 Å². The first-order valence-corrected chi connectivity index (χ1v) is 5.51. The maximum atomic E-state index is 13.0. The van der Waals surface area contributed by atoms with Gasteiger partial charge in [0.1, 0.15) is 0 Å². The van der Waals surface area contributed by atoms with Crippen molar-refractivity contribution in [1.82, 2.24) is 5.32 Å². The van der Waals surface area contributed by atoms with Gasteiger partial charge in [0.2, 0.25) is 0 Å². The number of halogens is 3. The van der Waals surface area contributed by atoms with Crippen LogP contribution in [-0.2, 0) is 6.18 Å². The smallest absolute Gasteiger partial charge is 0.416 e. The minimum absolute atomic E-state index is 0.0351. The second kappa shape index (κ2) is 6.12. The molecule has 0 aromatic heterocycles. The second-order valence-corrected chi connectivity index (χ2v) is 3.83. The number of methoxy groups -OCH3 is 2. The van der Waals surface area contributed by atoms with Crippen LogP contribution in [-0.4, -0.2) is 32.9 Å². The summed E-state index contributed by atoms with van der Waals surface area (Å²) in [7, 11) is 4.08. The zero-order chi connectivity index (χ0) is 14.6. The molecule has 19 heavy (non-hydrogen) atoms. The Bertz CT molecular complexity index is 435. The van der Waals surface area contributed by atoms with Crippen molar-refractivity contribution in [1.29, 1.82) is 0 Å². The van der Waals surface area contributed by atoms with E-state index in [2.05, 4.69) is 5.32 Å². The minimum atomic E-state index is -4.58. The minimum Gasteiger partial charge on any atom is -0.493 e. The van der Waals surface area contributed by atoms with E-state index in [0.29, 0.717) is 0 Å². The summed E-state index contributed by atoms with van der Waals surface area (Å²) < 4.78 is 48.8. The van der Waals surface area contributed by atoms with Gasteiger partial charge in [-0.15, -0.1) is 0 Å². The zero-order valence-corrected chi connectivity index (χ0v) is 10.8. The highest BCUT2D eigenvalue weighted by atomic mass is 19.4. The summed E-state index contributed by atoms with van der Waals surface area (Å²) in [6.07, 6.45) is -5.93. The van der Waals surface area contributed by atoms with Crippen LogP contribution in [0.15, 0.2) is 12.1 Å². The predicted molar refractivity (Wildman–Crippen MR) is 63.4 cm³/mol. The summed E-state index contributed by atoms with van der Waals surface area (Å²) >= 11 is 0. The quantitative estimate of drug-likeness (QED) is 0.865. The summed E-state index contributed by atoms with van der Waals surface area (Å²) in [5.41, 5.74) is -1.27. The lowest BCUT2D eigenvalue weighted by Gasteiger charge is -2.22. The molecule has 0 fully saturated rings. The van der Waals surface area contributed by atoms with E-state index in [9.17, 15) is 18.3 Å². The first-order chi connectivity index (χ1) is 8.86. The fourth-order valence-corrected chi connectivity index (χ4v) is 1.82. The summed E-state index contributed by atoms with van der Waals surface area (Å²) in [6, 6.07) is 2.03. The lowest BCUT2D eigenvalue weighted by molar-refractivity contribution is -0.139. The van der Waals surface area contributed by atoms with Crippen LogP contribution in [0.4, 0.5) is 13.2 Å². The molecular formula is C12H16F3NO3. The maximum absolute atomic E-state index is 13.0. The Morgan fingerprint density at radius 2 is 1.89 bits per heavy atom. The van der Waals surface area contributed by atoms with Crippen LogP contribution in [0.1, 0.15) is 17.2 Å². The van der Waals surface area contributed by atoms with E-state index in [0.717, 1.165) is 12.1 Å². The fraction of sp³-hybridized carbons (Fsp3) is 0.500. The monoisotopic (exact) mass is 279 g/mol. The van der Waals surface area contributed by atoms with Crippen molar-refractivity contribution in [3.63, 3.8) is 0 Å². The molecule has 0 bridgehead atoms. The third kappa shape index (κ3) is 3.30. The Kier molecular flexibility index (Phi) is 5.02. The zero-order valence-electron chi connectivity index (χ0n) is 10.8. The molecule has 4 nitrogen and oxygen atoms in total. The molecule has 7 heteroatoms. The molecule has 1 atom stereocenters. The van der Waals surface area contributed by atoms with Crippen molar-refractivity contribution in [2.75, 3.05) is 27.8 Å². The van der Waals surface area contributed by atoms with Gasteiger partial charge in [0.05, 0.1) is 25.9 Å². The fourth-order valence-electron chi connectivity index (χ4n) is 1.82. The van der Waals surface area contributed by atoms with Crippen molar-refractivity contribution in [3.8, 4) is 11.5 Å². The van der Waals surface area contributed by atoms with Gasteiger partial charge < -0.3 is 19.9 Å². The summed E-state index contributed by atoms with van der Waals surface area (Å²) in [5.74, 6) is 0.0285. The lowest BCUT2D eigenvalue weighted by Crippen LogP contribution is -2.21. The maximum Gasteiger partial charge on any atom is 0.416 e. The number of hydrogen-bond acceptors (Lipinski definition) is 4. The van der Waals surface area contributed by atoms with E-state index in [1.807, 2.05) is 0 Å². The lowest BCUT2D eigenvalue weighted by atomic mass is 9.99. The molecule has 0 radical (unpaired) electrons. The molecule has 0 spiro atoms. The van der Waals surface area contributed by atoms with Gasteiger partial charge in [0, 0.05) is 12.1 Å². The Hall–Kier alpha value is -1.47. The number of aliphatic hydroxyl groups excluding tert-OH is 1. The van der Waals surface area contributed by atoms with Gasteiger partial charge in [0.25, 0.3) is 0 Å². The van der Waals surface area contributed by atoms with Crippen molar-refractivity contribution in [3.05, 3.63) is 23.3 Å². The third-order valence-electron chi connectivity index (χ3n) is 2.62. The molecule has 1 unspecified atom stereocenters. The highest BCUT2D eigenvalue weighted by Gasteiger charge is 2.37. The molecule has 0 amide bonds. The molecular weight excluding hydrogens is 263 g/mol. The SMILES string of the molecule is CNCC(O)c1c(C(F)(F)F)ccc(OC)c1OC. The number of alkyl halides is 3. The molecule has 0 saturated heterocycles. The first-order valence-electron chi connectivity index (χ1n) is 5.51. The van der Waals surface area contributed by atoms with Crippen LogP contribution in [0.3, 0.4) is 0 Å². The van der Waals surface area contributed by atoms with Crippen LogP contribution in [0.5, 0.6) is 11.5 Å². The average molecular weight is 279 g/mol. The molecule has 0 saturated carbocycles. The number of likely N-dealkylation sites (N-methyl/N-ethyl adjacent to an activating group) is 1. The summed E-state index contributed by atoms with van der Waals surface area (Å²) in [5, 5.41) is 12.5. The van der Waals surface area contributed by atoms with Gasteiger partial charge in [-0.25, -0.2) is 0 Å². The van der Waals surface area contributed by atoms with E-state index in [1.54, 1.807) is 0 Å². The van der Waals surface area contributed by atoms with Gasteiger partial charge in [-0.2, -0.15) is 13.2 Å². The van der Waals surface area contributed by atoms with Crippen LogP contribution in [0, 0.1) is 0 Å². The highest BCUT2D eigenvalue weighted by molar-refractivity contribution is 5.53. The molecule has 1 aromatic carbocycles. The predicted octanol–water partition coefficient (Wildman–Crippen LogP) is 1.98. The normalized spacial score (nSPS) is 13.2. The number of hydrogen-bond donors (Lipinski definition) is 2. The molecule has 0 aliphatic heterocycles. The Labute approximate surface area is 109 Å². The first kappa shape index (κ1) is 15.6. The highest BCUT2D eigenvalue weighted by Crippen LogP contribution is 2.43. The number of ether oxygens (including phenoxy) is 2. The molecule has 0 aliphatic rings. The van der Waals surface area contributed by atoms with E-state index in [-0.39, 0.29) is 23.6 Å². The van der Waals surface area contributed by atoms with Gasteiger partial charge in [-0.05, 0) is 19.2 Å². The van der Waals surface area contributed by atoms with Crippen LogP contribution in [0.25, 0.3) is 0 Å². The van der Waals surface area contributed by atoms with Gasteiger partial charge in [-0.1, -0.05) is 0 Å². The van der Waals surface area contributed by atoms with Crippen LogP contribution >= 0.6 is 0 Å². The number of aliphatic hydroxyl groups is 1. The van der Waals surface area contributed by atoms with Crippen molar-refractivity contribution in [2.24, 2.45) is 0 Å². The van der Waals surface area contributed by atoms with Crippen LogP contribution < -0.4 is 14.8 Å². The third-order valence-corrected chi connectivity index (χ3v) is 2.62. The van der Waals surface area contributed by atoms with E-state index in [1.165, 1.54) is 21.3 Å². The largest absolute Gasteiger partial charge is 0.493 e. The topological polar surface area (TPSA) is 50.7 Å². The van der Waals surface area contributed by atoms with Gasteiger partial charge >= 0.3 is 6.18 Å². The molecule has 0 heterocycles. The van der Waals surface area contributed by atoms with Gasteiger partial charge in [0.15, 0.2) is 11.5 Å². The van der Waals surface area contributed by atoms with E-state index in [4.69, 9.17) is 9.47 Å². The number of nitrogens with one attached hydrogen (secondary N) is 1. The molecule has 1 aromatic rings. The Morgan fingerprint density at radius 1 is 1.26 bits per heavy atom. The Morgan fingerprint density at radius 3 is 2.32 bits per heavy atom. The average Bonchev–Trinajstić information content (AvgIpc) is 2.35. The number of benzene rings is 1. The van der Waals surface area contributed by atoms with E-state index >= 15 is 0 Å². The summed E-state index contributed by atoms with van der Waals surface area (Å²) in [4.78, 5) is 0. The van der Waals surface area contributed by atoms with Crippen molar-refractivity contribution >= 4 is 0 Å². The standard InChI is InChI=1S/C12H16F3NO3/c1-16-6-8(17)10-7(12(13,14)15)4-5-9(18-2)11(10)19-3/h4-5,8,16-17H,6H2,1-3H3. The second-order valence-electron chi connectivity index (χ2n) is 3.83. The molecule has 1 rings (SSSR count). The molecule has 2 N–H and O–H groups in total. The van der Waals surface area contributed by atoms with Crippen LogP contribution in [0.2, 0.25) is 0 Å². The number of rotatable bonds is 5. The molecule has 0 aliphatic carbocycles. The van der Waals surface area contributed by atoms with Crippen molar-refractivity contribution < 1.29 is 27.8 Å².